The Morgan fingerprint density at radius 1 is 1.40 bits per heavy atom. The van der Waals surface area contributed by atoms with Crippen molar-refractivity contribution in [3.63, 3.8) is 0 Å². The van der Waals surface area contributed by atoms with Crippen LogP contribution in [0.15, 0.2) is 28.6 Å². The lowest BCUT2D eigenvalue weighted by Gasteiger charge is -1.94. The first-order valence-electron chi connectivity index (χ1n) is 4.24. The van der Waals surface area contributed by atoms with Crippen LogP contribution in [0.4, 0.5) is 0 Å². The molecular formula is C10H7BrN2OS. The Bertz CT molecular complexity index is 476. The molecule has 0 aliphatic carbocycles. The van der Waals surface area contributed by atoms with Crippen LogP contribution in [0, 0.1) is 6.92 Å². The van der Waals surface area contributed by atoms with Gasteiger partial charge in [0.25, 0.3) is 0 Å². The van der Waals surface area contributed by atoms with Crippen molar-refractivity contribution < 1.29 is 4.79 Å². The predicted molar refractivity (Wildman–Crippen MR) is 62.2 cm³/mol. The summed E-state index contributed by atoms with van der Waals surface area (Å²) in [7, 11) is 0. The Hall–Kier alpha value is -1.07. The number of ketones is 1. The van der Waals surface area contributed by atoms with Gasteiger partial charge in [-0.3, -0.25) is 4.79 Å². The van der Waals surface area contributed by atoms with Crippen LogP contribution in [-0.4, -0.2) is 15.8 Å². The zero-order valence-electron chi connectivity index (χ0n) is 7.90. The molecule has 0 radical (unpaired) electrons. The molecule has 15 heavy (non-hydrogen) atoms. The molecule has 0 atom stereocenters. The number of halogens is 1. The summed E-state index contributed by atoms with van der Waals surface area (Å²) in [5.74, 6) is -0.0330. The highest BCUT2D eigenvalue weighted by molar-refractivity contribution is 9.11. The number of hydrogen-bond acceptors (Lipinski definition) is 4. The molecule has 0 N–H and O–H groups in total. The summed E-state index contributed by atoms with van der Waals surface area (Å²) < 4.78 is 0.989. The van der Waals surface area contributed by atoms with Crippen molar-refractivity contribution in [2.24, 2.45) is 0 Å². The average molecular weight is 283 g/mol. The Balaban J connectivity index is 2.37. The number of nitrogens with zero attached hydrogens (tertiary/aromatic N) is 2. The minimum atomic E-state index is -0.0330. The topological polar surface area (TPSA) is 42.9 Å². The van der Waals surface area contributed by atoms with Gasteiger partial charge in [-0.1, -0.05) is 0 Å². The summed E-state index contributed by atoms with van der Waals surface area (Å²) in [4.78, 5) is 20.3. The van der Waals surface area contributed by atoms with Crippen molar-refractivity contribution in [1.29, 1.82) is 0 Å². The molecule has 0 saturated carbocycles. The van der Waals surface area contributed by atoms with Gasteiger partial charge in [-0.15, -0.1) is 11.3 Å². The van der Waals surface area contributed by atoms with E-state index < -0.39 is 0 Å². The molecule has 0 amide bonds. The lowest BCUT2D eigenvalue weighted by atomic mass is 10.2. The van der Waals surface area contributed by atoms with Crippen LogP contribution in [0.1, 0.15) is 20.8 Å². The predicted octanol–water partition coefficient (Wildman–Crippen LogP) is 2.84. The van der Waals surface area contributed by atoms with Crippen LogP contribution < -0.4 is 0 Å². The third-order valence-corrected chi connectivity index (χ3v) is 4.04. The van der Waals surface area contributed by atoms with Crippen molar-refractivity contribution in [1.82, 2.24) is 9.97 Å². The van der Waals surface area contributed by atoms with Gasteiger partial charge in [-0.05, 0) is 34.5 Å². The van der Waals surface area contributed by atoms with Crippen LogP contribution >= 0.6 is 27.3 Å². The summed E-state index contributed by atoms with van der Waals surface area (Å²) in [6.45, 7) is 1.96. The van der Waals surface area contributed by atoms with Crippen LogP contribution in [0.3, 0.4) is 0 Å². The van der Waals surface area contributed by atoms with E-state index in [-0.39, 0.29) is 5.78 Å². The van der Waals surface area contributed by atoms with E-state index in [4.69, 9.17) is 0 Å². The molecule has 0 aliphatic heterocycles. The van der Waals surface area contributed by atoms with Gasteiger partial charge in [-0.2, -0.15) is 0 Å². The van der Waals surface area contributed by atoms with Gasteiger partial charge in [-0.25, -0.2) is 9.97 Å². The summed E-state index contributed by atoms with van der Waals surface area (Å²) in [5, 5.41) is 0. The smallest absolute Gasteiger partial charge is 0.206 e. The fourth-order valence-corrected chi connectivity index (χ4v) is 2.63. The second-order valence-corrected chi connectivity index (χ2v) is 5.39. The molecule has 3 nitrogen and oxygen atoms in total. The van der Waals surface area contributed by atoms with Crippen LogP contribution in [-0.2, 0) is 0 Å². The molecule has 0 fully saturated rings. The van der Waals surface area contributed by atoms with Gasteiger partial charge < -0.3 is 0 Å². The number of thiophene rings is 1. The number of hydrogen-bond donors (Lipinski definition) is 0. The van der Waals surface area contributed by atoms with Crippen molar-refractivity contribution in [3.8, 4) is 0 Å². The second-order valence-electron chi connectivity index (χ2n) is 3.02. The number of carbonyl (C=O) groups is 1. The largest absolute Gasteiger partial charge is 0.288 e. The van der Waals surface area contributed by atoms with Crippen LogP contribution in [0.25, 0.3) is 0 Å². The van der Waals surface area contributed by atoms with Gasteiger partial charge >= 0.3 is 0 Å². The zero-order valence-corrected chi connectivity index (χ0v) is 10.3. The minimum Gasteiger partial charge on any atom is -0.288 e. The Morgan fingerprint density at radius 3 is 2.60 bits per heavy atom. The highest BCUT2D eigenvalue weighted by atomic mass is 79.9. The number of rotatable bonds is 2. The lowest BCUT2D eigenvalue weighted by Crippen LogP contribution is -1.99. The number of aromatic nitrogens is 2. The third-order valence-electron chi connectivity index (χ3n) is 1.90. The molecule has 5 heteroatoms. The molecule has 0 saturated heterocycles. The molecule has 0 bridgehead atoms. The van der Waals surface area contributed by atoms with E-state index >= 15 is 0 Å². The molecule has 0 unspecified atom stereocenters. The second kappa shape index (κ2) is 4.20. The molecule has 2 rings (SSSR count). The van der Waals surface area contributed by atoms with Gasteiger partial charge in [0.05, 0.1) is 14.2 Å². The maximum Gasteiger partial charge on any atom is 0.206 e. The molecule has 2 heterocycles. The normalized spacial score (nSPS) is 10.3. The Labute approximate surface area is 99.3 Å². The van der Waals surface area contributed by atoms with Crippen molar-refractivity contribution >= 4 is 33.0 Å². The van der Waals surface area contributed by atoms with Gasteiger partial charge in [0, 0.05) is 12.4 Å². The molecule has 76 valence electrons. The quantitative estimate of drug-likeness (QED) is 0.796. The highest BCUT2D eigenvalue weighted by Crippen LogP contribution is 2.28. The first kappa shape index (κ1) is 10.4. The van der Waals surface area contributed by atoms with Gasteiger partial charge in [0.1, 0.15) is 6.33 Å². The van der Waals surface area contributed by atoms with E-state index in [1.165, 1.54) is 30.1 Å². The van der Waals surface area contributed by atoms with Gasteiger partial charge in [0.2, 0.25) is 5.78 Å². The summed E-state index contributed by atoms with van der Waals surface area (Å²) >= 11 is 4.82. The van der Waals surface area contributed by atoms with Crippen LogP contribution in [0.5, 0.6) is 0 Å². The fraction of sp³-hybridized carbons (Fsp3) is 0.100. The average Bonchev–Trinajstić information content (AvgIpc) is 2.59. The van der Waals surface area contributed by atoms with Crippen LogP contribution in [0.2, 0.25) is 0 Å². The van der Waals surface area contributed by atoms with Crippen molar-refractivity contribution in [2.45, 2.75) is 6.92 Å². The molecule has 0 aromatic carbocycles. The summed E-state index contributed by atoms with van der Waals surface area (Å²) in [6, 6.07) is 1.87. The van der Waals surface area contributed by atoms with E-state index in [2.05, 4.69) is 25.9 Å². The first-order valence-corrected chi connectivity index (χ1v) is 5.85. The van der Waals surface area contributed by atoms with Gasteiger partial charge in [0.15, 0.2) is 0 Å². The minimum absolute atomic E-state index is 0.0330. The third kappa shape index (κ3) is 2.13. The molecule has 0 spiro atoms. The molecular weight excluding hydrogens is 276 g/mol. The van der Waals surface area contributed by atoms with E-state index in [0.717, 1.165) is 9.35 Å². The zero-order chi connectivity index (χ0) is 10.8. The molecule has 0 aliphatic rings. The van der Waals surface area contributed by atoms with E-state index in [1.807, 2.05) is 13.0 Å². The van der Waals surface area contributed by atoms with Crippen molar-refractivity contribution in [2.75, 3.05) is 0 Å². The first-order chi connectivity index (χ1) is 7.18. The van der Waals surface area contributed by atoms with E-state index in [1.54, 1.807) is 0 Å². The SMILES string of the molecule is Cc1cc(C(=O)c2cncnc2)sc1Br. The fourth-order valence-electron chi connectivity index (χ4n) is 1.13. The standard InChI is InChI=1S/C10H7BrN2OS/c1-6-2-8(15-10(6)11)9(14)7-3-12-5-13-4-7/h2-5H,1H3. The lowest BCUT2D eigenvalue weighted by molar-refractivity contribution is 0.104. The number of aryl methyl sites for hydroxylation is 1. The maximum absolute atomic E-state index is 11.9. The monoisotopic (exact) mass is 282 g/mol. The van der Waals surface area contributed by atoms with E-state index in [0.29, 0.717) is 10.4 Å². The number of carbonyl (C=O) groups excluding carboxylic acids is 1. The molecule has 2 aromatic heterocycles. The highest BCUT2D eigenvalue weighted by Gasteiger charge is 2.13. The van der Waals surface area contributed by atoms with Crippen molar-refractivity contribution in [3.05, 3.63) is 44.6 Å². The maximum atomic E-state index is 11.9. The summed E-state index contributed by atoms with van der Waals surface area (Å²) in [5.41, 5.74) is 1.59. The van der Waals surface area contributed by atoms with E-state index in [9.17, 15) is 4.79 Å². The molecule has 2 aromatic rings. The summed E-state index contributed by atoms with van der Waals surface area (Å²) in [6.07, 6.45) is 4.46. The Morgan fingerprint density at radius 2 is 2.07 bits per heavy atom. The Kier molecular flexibility index (Phi) is 2.93.